The summed E-state index contributed by atoms with van der Waals surface area (Å²) < 4.78 is 8.58. The summed E-state index contributed by atoms with van der Waals surface area (Å²) in [6.07, 6.45) is 4.76. The van der Waals surface area contributed by atoms with Gasteiger partial charge in [0.2, 0.25) is 0 Å². The van der Waals surface area contributed by atoms with Crippen molar-refractivity contribution in [2.75, 3.05) is 18.4 Å². The Morgan fingerprint density at radius 3 is 2.74 bits per heavy atom. The SMILES string of the molecule is O=C(Nc1cccc(Cl)c1)[C@@H]1Cn2ccnc2C2(CCN(Cc3ccccc3)CC2)O1. The molecule has 7 heteroatoms. The Labute approximate surface area is 186 Å². The third-order valence-corrected chi connectivity index (χ3v) is 6.39. The van der Waals surface area contributed by atoms with E-state index in [0.717, 1.165) is 38.3 Å². The summed E-state index contributed by atoms with van der Waals surface area (Å²) in [5, 5.41) is 3.53. The maximum absolute atomic E-state index is 13.0. The molecular weight excluding hydrogens is 412 g/mol. The van der Waals surface area contributed by atoms with Crippen LogP contribution in [0, 0.1) is 0 Å². The summed E-state index contributed by atoms with van der Waals surface area (Å²) in [6.45, 7) is 3.16. The number of aromatic nitrogens is 2. The lowest BCUT2D eigenvalue weighted by Gasteiger charge is -2.45. The second-order valence-electron chi connectivity index (χ2n) is 8.27. The van der Waals surface area contributed by atoms with E-state index in [1.807, 2.05) is 24.4 Å². The fourth-order valence-corrected chi connectivity index (χ4v) is 4.77. The van der Waals surface area contributed by atoms with Crippen molar-refractivity contribution in [1.29, 1.82) is 0 Å². The predicted molar refractivity (Wildman–Crippen MR) is 120 cm³/mol. The Bertz CT molecular complexity index is 1060. The van der Waals surface area contributed by atoms with Gasteiger partial charge in [0.15, 0.2) is 6.10 Å². The van der Waals surface area contributed by atoms with Gasteiger partial charge < -0.3 is 14.6 Å². The van der Waals surface area contributed by atoms with E-state index in [2.05, 4.69) is 44.0 Å². The molecule has 3 heterocycles. The molecule has 1 aromatic heterocycles. The average Bonchev–Trinajstić information content (AvgIpc) is 3.26. The summed E-state index contributed by atoms with van der Waals surface area (Å²) in [4.78, 5) is 20.1. The van der Waals surface area contributed by atoms with Gasteiger partial charge in [0.1, 0.15) is 11.4 Å². The molecule has 0 bridgehead atoms. The van der Waals surface area contributed by atoms with Crippen LogP contribution in [0.25, 0.3) is 0 Å². The van der Waals surface area contributed by atoms with Gasteiger partial charge in [-0.1, -0.05) is 48.0 Å². The van der Waals surface area contributed by atoms with Crippen molar-refractivity contribution in [2.24, 2.45) is 0 Å². The number of likely N-dealkylation sites (tertiary alicyclic amines) is 1. The van der Waals surface area contributed by atoms with E-state index >= 15 is 0 Å². The molecule has 31 heavy (non-hydrogen) atoms. The molecule has 0 saturated carbocycles. The number of nitrogens with one attached hydrogen (secondary N) is 1. The van der Waals surface area contributed by atoms with Gasteiger partial charge in [-0.15, -0.1) is 0 Å². The number of hydrogen-bond acceptors (Lipinski definition) is 4. The number of nitrogens with zero attached hydrogens (tertiary/aromatic N) is 3. The number of benzene rings is 2. The van der Waals surface area contributed by atoms with E-state index in [4.69, 9.17) is 16.3 Å². The van der Waals surface area contributed by atoms with Crippen LogP contribution in [-0.2, 0) is 28.2 Å². The first kappa shape index (κ1) is 20.2. The number of rotatable bonds is 4. The van der Waals surface area contributed by atoms with Gasteiger partial charge in [-0.05, 0) is 36.6 Å². The summed E-state index contributed by atoms with van der Waals surface area (Å²) in [5.74, 6) is 0.770. The molecule has 0 radical (unpaired) electrons. The molecule has 0 unspecified atom stereocenters. The second kappa shape index (κ2) is 8.46. The first-order chi connectivity index (χ1) is 15.1. The second-order valence-corrected chi connectivity index (χ2v) is 8.70. The Kier molecular flexibility index (Phi) is 5.52. The molecule has 2 aliphatic rings. The van der Waals surface area contributed by atoms with Crippen molar-refractivity contribution < 1.29 is 9.53 Å². The van der Waals surface area contributed by atoms with E-state index in [9.17, 15) is 4.79 Å². The Balaban J connectivity index is 1.30. The van der Waals surface area contributed by atoms with Crippen molar-refractivity contribution in [1.82, 2.24) is 14.5 Å². The van der Waals surface area contributed by atoms with Gasteiger partial charge in [-0.25, -0.2) is 4.98 Å². The largest absolute Gasteiger partial charge is 0.352 e. The molecule has 3 aromatic rings. The number of amides is 1. The van der Waals surface area contributed by atoms with E-state index in [-0.39, 0.29) is 5.91 Å². The standard InChI is InChI=1S/C24H25ClN4O2/c25-19-7-4-8-20(15-19)27-22(30)21-17-29-14-11-26-23(29)24(31-21)9-12-28(13-10-24)16-18-5-2-1-3-6-18/h1-8,11,14-15,21H,9-10,12-13,16-17H2,(H,27,30)/t21-/m0/s1. The molecule has 1 atom stereocenters. The van der Waals surface area contributed by atoms with E-state index in [1.165, 1.54) is 5.56 Å². The number of fused-ring (bicyclic) bond motifs is 2. The van der Waals surface area contributed by atoms with Crippen molar-refractivity contribution in [3.8, 4) is 0 Å². The van der Waals surface area contributed by atoms with Gasteiger partial charge in [0, 0.05) is 42.7 Å². The van der Waals surface area contributed by atoms with Gasteiger partial charge in [0.25, 0.3) is 5.91 Å². The van der Waals surface area contributed by atoms with Crippen molar-refractivity contribution in [2.45, 2.75) is 37.6 Å². The summed E-state index contributed by atoms with van der Waals surface area (Å²) in [5.41, 5.74) is 1.44. The molecule has 1 fully saturated rings. The smallest absolute Gasteiger partial charge is 0.255 e. The molecule has 160 valence electrons. The lowest BCUT2D eigenvalue weighted by Crippen LogP contribution is -2.53. The van der Waals surface area contributed by atoms with Crippen LogP contribution in [0.5, 0.6) is 0 Å². The number of hydrogen-bond donors (Lipinski definition) is 1. The number of ether oxygens (including phenoxy) is 1. The molecule has 2 aromatic carbocycles. The van der Waals surface area contributed by atoms with Gasteiger partial charge in [0.05, 0.1) is 6.54 Å². The summed E-state index contributed by atoms with van der Waals surface area (Å²) in [7, 11) is 0. The van der Waals surface area contributed by atoms with Crippen molar-refractivity contribution >= 4 is 23.2 Å². The number of carbonyl (C=O) groups is 1. The van der Waals surface area contributed by atoms with Crippen LogP contribution in [0.3, 0.4) is 0 Å². The molecule has 2 aliphatic heterocycles. The average molecular weight is 437 g/mol. The lowest BCUT2D eigenvalue weighted by atomic mass is 9.88. The maximum atomic E-state index is 13.0. The number of carbonyl (C=O) groups excluding carboxylic acids is 1. The monoisotopic (exact) mass is 436 g/mol. The first-order valence-electron chi connectivity index (χ1n) is 10.6. The van der Waals surface area contributed by atoms with Gasteiger partial charge in [-0.2, -0.15) is 0 Å². The third kappa shape index (κ3) is 4.24. The highest BCUT2D eigenvalue weighted by Crippen LogP contribution is 2.40. The fraction of sp³-hybridized carbons (Fsp3) is 0.333. The van der Waals surface area contributed by atoms with Crippen molar-refractivity contribution in [3.05, 3.63) is 83.4 Å². The van der Waals surface area contributed by atoms with E-state index < -0.39 is 11.7 Å². The third-order valence-electron chi connectivity index (χ3n) is 6.15. The molecule has 0 aliphatic carbocycles. The van der Waals surface area contributed by atoms with Crippen LogP contribution in [0.2, 0.25) is 5.02 Å². The van der Waals surface area contributed by atoms with Crippen LogP contribution in [0.1, 0.15) is 24.2 Å². The Hall–Kier alpha value is -2.67. The van der Waals surface area contributed by atoms with Crippen molar-refractivity contribution in [3.63, 3.8) is 0 Å². The Morgan fingerprint density at radius 1 is 1.16 bits per heavy atom. The van der Waals surface area contributed by atoms with Crippen LogP contribution in [0.15, 0.2) is 67.0 Å². The highest BCUT2D eigenvalue weighted by atomic mass is 35.5. The highest BCUT2D eigenvalue weighted by Gasteiger charge is 2.47. The molecule has 6 nitrogen and oxygen atoms in total. The molecular formula is C24H25ClN4O2. The summed E-state index contributed by atoms with van der Waals surface area (Å²) >= 11 is 6.06. The van der Waals surface area contributed by atoms with Gasteiger partial charge in [-0.3, -0.25) is 9.69 Å². The first-order valence-corrected chi connectivity index (χ1v) is 11.0. The van der Waals surface area contributed by atoms with Crippen LogP contribution in [0.4, 0.5) is 5.69 Å². The number of halogens is 1. The zero-order valence-electron chi connectivity index (χ0n) is 17.2. The molecule has 1 amide bonds. The molecule has 5 rings (SSSR count). The zero-order chi connectivity index (χ0) is 21.3. The fourth-order valence-electron chi connectivity index (χ4n) is 4.58. The summed E-state index contributed by atoms with van der Waals surface area (Å²) in [6, 6.07) is 17.7. The molecule has 1 saturated heterocycles. The highest BCUT2D eigenvalue weighted by molar-refractivity contribution is 6.30. The van der Waals surface area contributed by atoms with E-state index in [0.29, 0.717) is 17.3 Å². The molecule has 1 N–H and O–H groups in total. The zero-order valence-corrected chi connectivity index (χ0v) is 18.0. The maximum Gasteiger partial charge on any atom is 0.255 e. The molecule has 1 spiro atoms. The van der Waals surface area contributed by atoms with E-state index in [1.54, 1.807) is 18.3 Å². The minimum Gasteiger partial charge on any atom is -0.352 e. The Morgan fingerprint density at radius 2 is 1.97 bits per heavy atom. The van der Waals surface area contributed by atoms with Crippen LogP contribution in [-0.4, -0.2) is 39.6 Å². The number of piperidine rings is 1. The lowest BCUT2D eigenvalue weighted by molar-refractivity contribution is -0.170. The number of imidazole rings is 1. The number of anilines is 1. The minimum atomic E-state index is -0.582. The quantitative estimate of drug-likeness (QED) is 0.669. The van der Waals surface area contributed by atoms with Gasteiger partial charge >= 0.3 is 0 Å². The normalized spacial score (nSPS) is 20.4. The minimum absolute atomic E-state index is 0.160. The predicted octanol–water partition coefficient (Wildman–Crippen LogP) is 4.07. The topological polar surface area (TPSA) is 59.4 Å². The van der Waals surface area contributed by atoms with Crippen LogP contribution < -0.4 is 5.32 Å². The van der Waals surface area contributed by atoms with Crippen LogP contribution >= 0.6 is 11.6 Å².